The first-order valence-electron chi connectivity index (χ1n) is 9.21. The molecule has 1 N–H and O–H groups in total. The van der Waals surface area contributed by atoms with Gasteiger partial charge in [0.1, 0.15) is 10.6 Å². The summed E-state index contributed by atoms with van der Waals surface area (Å²) in [5.74, 6) is -9.57. The Morgan fingerprint density at radius 3 is 2.08 bits per heavy atom. The van der Waals surface area contributed by atoms with E-state index in [1.54, 1.807) is 5.32 Å². The molecule has 9 nitrogen and oxygen atoms in total. The number of carbonyl (C=O) groups is 1. The molecule has 0 radical (unpaired) electrons. The number of rotatable bonds is 9. The van der Waals surface area contributed by atoms with Crippen molar-refractivity contribution in [2.75, 3.05) is 17.3 Å². The lowest BCUT2D eigenvalue weighted by Crippen LogP contribution is -2.49. The van der Waals surface area contributed by atoms with E-state index in [4.69, 9.17) is 0 Å². The number of para-hydroxylation sites is 1. The Hall–Kier alpha value is -2.93. The van der Waals surface area contributed by atoms with E-state index in [1.807, 2.05) is 0 Å². The molecule has 2 rings (SSSR count). The number of hydrogen-bond donors (Lipinski definition) is 1. The molecule has 0 aliphatic carbocycles. The predicted molar refractivity (Wildman–Crippen MR) is 115 cm³/mol. The van der Waals surface area contributed by atoms with E-state index in [9.17, 15) is 62.5 Å². The van der Waals surface area contributed by atoms with Gasteiger partial charge in [-0.25, -0.2) is 16.8 Å². The van der Waals surface area contributed by atoms with Crippen LogP contribution in [0.2, 0.25) is 0 Å². The molecule has 0 aliphatic heterocycles. The number of carbonyl (C=O) groups excluding carboxylic acids is 1. The summed E-state index contributed by atoms with van der Waals surface area (Å²) < 4.78 is 140. The zero-order valence-corrected chi connectivity index (χ0v) is 20.4. The first-order valence-corrected chi connectivity index (χ1v) is 13.6. The van der Waals surface area contributed by atoms with Gasteiger partial charge >= 0.3 is 17.4 Å². The molecule has 2 aromatic carbocycles. The van der Waals surface area contributed by atoms with Crippen LogP contribution in [-0.2, 0) is 24.5 Å². The maximum Gasteiger partial charge on any atom is 0.460 e. The standard InChI is InChI=1S/C18H13F7N2O7S3/c1-36(31,32)10-6-7-14(12(8-10)27(29)30)37(33,34)9-15(28)26-11-4-2-3-5-13(11)35-18(24,25)16(19,20)17(21,22)23/h2-8H,9H2,1H3,(H,26,28). The van der Waals surface area contributed by atoms with Crippen molar-refractivity contribution < 1.29 is 57.3 Å². The quantitative estimate of drug-likeness (QED) is 0.195. The third kappa shape index (κ3) is 6.69. The lowest BCUT2D eigenvalue weighted by Gasteiger charge is -2.28. The number of nitro groups is 1. The zero-order valence-electron chi connectivity index (χ0n) is 17.9. The van der Waals surface area contributed by atoms with Crippen LogP contribution < -0.4 is 5.32 Å². The first kappa shape index (κ1) is 30.3. The van der Waals surface area contributed by atoms with Gasteiger partial charge in [0.25, 0.3) is 5.69 Å². The van der Waals surface area contributed by atoms with Crippen LogP contribution in [0.15, 0.2) is 57.2 Å². The maximum absolute atomic E-state index is 13.8. The second-order valence-corrected chi connectivity index (χ2v) is 12.3. The zero-order chi connectivity index (χ0) is 28.6. The molecule has 0 saturated heterocycles. The van der Waals surface area contributed by atoms with Crippen molar-refractivity contribution in [3.8, 4) is 0 Å². The predicted octanol–water partition coefficient (Wildman–Crippen LogP) is 4.29. The highest BCUT2D eigenvalue weighted by atomic mass is 32.2. The number of alkyl halides is 7. The molecule has 0 bridgehead atoms. The summed E-state index contributed by atoms with van der Waals surface area (Å²) in [5.41, 5.74) is -1.95. The van der Waals surface area contributed by atoms with Crippen LogP contribution in [0.5, 0.6) is 0 Å². The number of benzene rings is 2. The summed E-state index contributed by atoms with van der Waals surface area (Å²) in [6.07, 6.45) is -5.92. The molecule has 0 heterocycles. The monoisotopic (exact) mass is 598 g/mol. The van der Waals surface area contributed by atoms with E-state index >= 15 is 0 Å². The minimum Gasteiger partial charge on any atom is -0.324 e. The highest BCUT2D eigenvalue weighted by Crippen LogP contribution is 2.54. The van der Waals surface area contributed by atoms with Gasteiger partial charge in [-0.2, -0.15) is 30.7 Å². The molecule has 0 aliphatic rings. The number of halogens is 7. The Labute approximate surface area is 208 Å². The third-order valence-corrected chi connectivity index (χ3v) is 8.19. The fourth-order valence-electron chi connectivity index (χ4n) is 2.60. The van der Waals surface area contributed by atoms with Crippen LogP contribution in [0.4, 0.5) is 42.1 Å². The summed E-state index contributed by atoms with van der Waals surface area (Å²) in [5, 5.41) is 7.32. The Kier molecular flexibility index (Phi) is 8.26. The fraction of sp³-hybridized carbons (Fsp3) is 0.278. The van der Waals surface area contributed by atoms with Gasteiger partial charge < -0.3 is 5.32 Å². The van der Waals surface area contributed by atoms with Crippen molar-refractivity contribution in [1.29, 1.82) is 0 Å². The van der Waals surface area contributed by atoms with Crippen LogP contribution in [0.25, 0.3) is 0 Å². The average molecular weight is 598 g/mol. The first-order chi connectivity index (χ1) is 16.6. The van der Waals surface area contributed by atoms with E-state index in [2.05, 4.69) is 0 Å². The summed E-state index contributed by atoms with van der Waals surface area (Å²) in [6, 6.07) is 5.20. The summed E-state index contributed by atoms with van der Waals surface area (Å²) in [6.45, 7) is 0. The third-order valence-electron chi connectivity index (χ3n) is 4.33. The fourth-order valence-corrected chi connectivity index (χ4v) is 5.43. The molecular formula is C18H13F7N2O7S3. The lowest BCUT2D eigenvalue weighted by atomic mass is 10.3. The van der Waals surface area contributed by atoms with Crippen LogP contribution >= 0.6 is 11.8 Å². The van der Waals surface area contributed by atoms with Gasteiger partial charge in [-0.3, -0.25) is 14.9 Å². The van der Waals surface area contributed by atoms with Crippen LogP contribution in [-0.4, -0.2) is 57.0 Å². The lowest BCUT2D eigenvalue weighted by molar-refractivity contribution is -0.388. The van der Waals surface area contributed by atoms with Crippen molar-refractivity contribution >= 4 is 48.7 Å². The van der Waals surface area contributed by atoms with Gasteiger partial charge in [-0.1, -0.05) is 12.1 Å². The molecule has 2 aromatic rings. The van der Waals surface area contributed by atoms with Crippen LogP contribution in [0.3, 0.4) is 0 Å². The average Bonchev–Trinajstić information content (AvgIpc) is 2.72. The maximum atomic E-state index is 13.8. The smallest absolute Gasteiger partial charge is 0.324 e. The molecule has 1 amide bonds. The van der Waals surface area contributed by atoms with E-state index in [1.165, 1.54) is 0 Å². The van der Waals surface area contributed by atoms with E-state index in [0.717, 1.165) is 24.3 Å². The number of thioether (sulfide) groups is 1. The van der Waals surface area contributed by atoms with Gasteiger partial charge in [0.2, 0.25) is 5.91 Å². The van der Waals surface area contributed by atoms with Crippen molar-refractivity contribution in [1.82, 2.24) is 0 Å². The Bertz CT molecular complexity index is 1440. The highest BCUT2D eigenvalue weighted by Gasteiger charge is 2.73. The second-order valence-electron chi connectivity index (χ2n) is 7.15. The number of sulfone groups is 2. The van der Waals surface area contributed by atoms with E-state index < -0.39 is 91.4 Å². The van der Waals surface area contributed by atoms with Gasteiger partial charge in [-0.05, 0) is 36.0 Å². The Balaban J connectivity index is 2.36. The largest absolute Gasteiger partial charge is 0.460 e. The molecule has 37 heavy (non-hydrogen) atoms. The minimum atomic E-state index is -6.61. The molecule has 0 unspecified atom stereocenters. The molecular weight excluding hydrogens is 585 g/mol. The minimum absolute atomic E-state index is 0.439. The summed E-state index contributed by atoms with van der Waals surface area (Å²) in [4.78, 5) is 19.7. The van der Waals surface area contributed by atoms with E-state index in [0.29, 0.717) is 24.5 Å². The van der Waals surface area contributed by atoms with Crippen molar-refractivity contribution in [3.05, 3.63) is 52.6 Å². The topological polar surface area (TPSA) is 141 Å². The van der Waals surface area contributed by atoms with Gasteiger partial charge in [0.15, 0.2) is 19.7 Å². The number of hydrogen-bond acceptors (Lipinski definition) is 8. The second kappa shape index (κ2) is 10.1. The number of anilines is 1. The summed E-state index contributed by atoms with van der Waals surface area (Å²) >= 11 is -1.24. The summed E-state index contributed by atoms with van der Waals surface area (Å²) in [7, 11) is -8.87. The molecule has 0 aromatic heterocycles. The van der Waals surface area contributed by atoms with Crippen molar-refractivity contribution in [2.24, 2.45) is 0 Å². The molecule has 19 heteroatoms. The van der Waals surface area contributed by atoms with Crippen molar-refractivity contribution in [2.45, 2.75) is 32.0 Å². The number of nitrogens with one attached hydrogen (secondary N) is 1. The van der Waals surface area contributed by atoms with Gasteiger partial charge in [0.05, 0.1) is 15.5 Å². The number of amides is 1. The van der Waals surface area contributed by atoms with Gasteiger partial charge in [-0.15, -0.1) is 0 Å². The van der Waals surface area contributed by atoms with Crippen LogP contribution in [0, 0.1) is 10.1 Å². The van der Waals surface area contributed by atoms with Crippen LogP contribution in [0.1, 0.15) is 0 Å². The Morgan fingerprint density at radius 2 is 1.57 bits per heavy atom. The molecule has 0 atom stereocenters. The van der Waals surface area contributed by atoms with E-state index in [-0.39, 0.29) is 0 Å². The molecule has 0 saturated carbocycles. The van der Waals surface area contributed by atoms with Crippen molar-refractivity contribution in [3.63, 3.8) is 0 Å². The normalized spacial score (nSPS) is 13.3. The molecule has 0 fully saturated rings. The Morgan fingerprint density at radius 1 is 1.00 bits per heavy atom. The number of nitro benzene ring substituents is 1. The SMILES string of the molecule is CS(=O)(=O)c1ccc(S(=O)(=O)CC(=O)Nc2ccccc2SC(F)(F)C(F)(F)C(F)(F)F)c([N+](=O)[O-])c1. The molecule has 204 valence electrons. The molecule has 0 spiro atoms. The number of nitrogens with zero attached hydrogens (tertiary/aromatic N) is 1. The van der Waals surface area contributed by atoms with Gasteiger partial charge in [0, 0.05) is 17.2 Å². The highest BCUT2D eigenvalue weighted by molar-refractivity contribution is 8.00.